The molecule has 0 bridgehead atoms. The molecular weight excluding hydrogens is 452 g/mol. The summed E-state index contributed by atoms with van der Waals surface area (Å²) in [4.78, 5) is 27.5. The van der Waals surface area contributed by atoms with Crippen molar-refractivity contribution in [2.75, 3.05) is 37.6 Å². The summed E-state index contributed by atoms with van der Waals surface area (Å²) in [7, 11) is -3.72. The molecule has 3 aliphatic rings. The van der Waals surface area contributed by atoms with Crippen LogP contribution in [0.1, 0.15) is 81.0 Å². The van der Waals surface area contributed by atoms with Crippen molar-refractivity contribution in [2.45, 2.75) is 81.6 Å². The molecule has 34 heavy (non-hydrogen) atoms. The first-order valence-electron chi connectivity index (χ1n) is 12.9. The summed E-state index contributed by atoms with van der Waals surface area (Å²) >= 11 is 0. The molecule has 3 fully saturated rings. The molecule has 2 saturated heterocycles. The van der Waals surface area contributed by atoms with Crippen molar-refractivity contribution in [2.24, 2.45) is 0 Å². The molecule has 0 unspecified atom stereocenters. The van der Waals surface area contributed by atoms with E-state index in [9.17, 15) is 18.0 Å². The first-order valence-corrected chi connectivity index (χ1v) is 14.4. The number of piperidine rings is 2. The van der Waals surface area contributed by atoms with E-state index < -0.39 is 15.9 Å². The van der Waals surface area contributed by atoms with Crippen LogP contribution in [0.2, 0.25) is 0 Å². The maximum atomic E-state index is 13.6. The summed E-state index contributed by atoms with van der Waals surface area (Å²) in [5.41, 5.74) is 0.943. The Kier molecular flexibility index (Phi) is 8.47. The largest absolute Gasteiger partial charge is 0.370 e. The third-order valence-electron chi connectivity index (χ3n) is 7.23. The number of carbonyl (C=O) groups excluding carboxylic acids is 2. The van der Waals surface area contributed by atoms with Crippen LogP contribution >= 0.6 is 0 Å². The van der Waals surface area contributed by atoms with Gasteiger partial charge in [0.25, 0.3) is 5.91 Å². The summed E-state index contributed by atoms with van der Waals surface area (Å²) in [6.07, 6.45) is 11.4. The number of sulfonamides is 1. The summed E-state index contributed by atoms with van der Waals surface area (Å²) in [5, 5.41) is 5.67. The molecule has 8 nitrogen and oxygen atoms in total. The van der Waals surface area contributed by atoms with E-state index >= 15 is 0 Å². The van der Waals surface area contributed by atoms with Crippen molar-refractivity contribution in [3.63, 3.8) is 0 Å². The molecule has 2 amide bonds. The number of hydrogen-bond acceptors (Lipinski definition) is 5. The van der Waals surface area contributed by atoms with Gasteiger partial charge in [0.1, 0.15) is 4.90 Å². The van der Waals surface area contributed by atoms with Crippen molar-refractivity contribution in [3.05, 3.63) is 23.8 Å². The number of benzene rings is 1. The highest BCUT2D eigenvalue weighted by molar-refractivity contribution is 7.89. The Bertz CT molecular complexity index is 963. The molecule has 1 saturated carbocycles. The fourth-order valence-electron chi connectivity index (χ4n) is 5.29. The zero-order valence-corrected chi connectivity index (χ0v) is 20.9. The van der Waals surface area contributed by atoms with Gasteiger partial charge in [0.05, 0.1) is 12.2 Å². The van der Waals surface area contributed by atoms with Gasteiger partial charge in [-0.3, -0.25) is 9.59 Å². The van der Waals surface area contributed by atoms with Gasteiger partial charge in [-0.05, 0) is 63.1 Å². The van der Waals surface area contributed by atoms with E-state index in [0.717, 1.165) is 77.3 Å². The molecule has 0 spiro atoms. The van der Waals surface area contributed by atoms with Gasteiger partial charge in [0.15, 0.2) is 0 Å². The lowest BCUT2D eigenvalue weighted by Gasteiger charge is -2.33. The van der Waals surface area contributed by atoms with E-state index in [4.69, 9.17) is 0 Å². The number of amides is 2. The molecule has 4 rings (SSSR count). The monoisotopic (exact) mass is 490 g/mol. The highest BCUT2D eigenvalue weighted by Crippen LogP contribution is 2.32. The van der Waals surface area contributed by atoms with Crippen molar-refractivity contribution in [1.82, 2.24) is 14.9 Å². The molecule has 2 N–H and O–H groups in total. The Morgan fingerprint density at radius 2 is 1.47 bits per heavy atom. The lowest BCUT2D eigenvalue weighted by atomic mass is 9.95. The number of hydrogen-bond donors (Lipinski definition) is 2. The number of nitrogens with zero attached hydrogens (tertiary/aromatic N) is 2. The number of nitrogens with one attached hydrogen (secondary N) is 2. The molecule has 0 radical (unpaired) electrons. The van der Waals surface area contributed by atoms with Gasteiger partial charge >= 0.3 is 0 Å². The summed E-state index contributed by atoms with van der Waals surface area (Å²) in [6.45, 7) is 2.54. The normalized spacial score (nSPS) is 20.6. The second kappa shape index (κ2) is 11.5. The standard InChI is InChI=1S/C25H38N4O4S/c30-24(27-21-10-4-1-5-11-21)19-26-25(31)20-12-13-22(28-14-6-2-7-15-28)23(18-20)34(32,33)29-16-8-3-9-17-29/h12-13,18,21H,1-11,14-17,19H2,(H,26,31)(H,27,30). The fraction of sp³-hybridized carbons (Fsp3) is 0.680. The highest BCUT2D eigenvalue weighted by Gasteiger charge is 2.31. The van der Waals surface area contributed by atoms with Crippen LogP contribution in [0.4, 0.5) is 5.69 Å². The lowest BCUT2D eigenvalue weighted by molar-refractivity contribution is -0.121. The van der Waals surface area contributed by atoms with Crippen LogP contribution < -0.4 is 15.5 Å². The van der Waals surface area contributed by atoms with Gasteiger partial charge < -0.3 is 15.5 Å². The van der Waals surface area contributed by atoms with Gasteiger partial charge in [-0.2, -0.15) is 4.31 Å². The Labute approximate surface area is 203 Å². The Morgan fingerprint density at radius 3 is 2.15 bits per heavy atom. The minimum Gasteiger partial charge on any atom is -0.370 e. The van der Waals surface area contributed by atoms with Crippen LogP contribution in [-0.2, 0) is 14.8 Å². The van der Waals surface area contributed by atoms with E-state index in [2.05, 4.69) is 15.5 Å². The van der Waals surface area contributed by atoms with Gasteiger partial charge in [0, 0.05) is 37.8 Å². The van der Waals surface area contributed by atoms with Gasteiger partial charge in [-0.15, -0.1) is 0 Å². The van der Waals surface area contributed by atoms with Crippen LogP contribution in [-0.4, -0.2) is 63.3 Å². The quantitative estimate of drug-likeness (QED) is 0.612. The zero-order chi connectivity index (χ0) is 24.0. The minimum atomic E-state index is -3.72. The van der Waals surface area contributed by atoms with Crippen LogP contribution in [0.3, 0.4) is 0 Å². The van der Waals surface area contributed by atoms with Crippen LogP contribution in [0, 0.1) is 0 Å². The van der Waals surface area contributed by atoms with Crippen molar-refractivity contribution in [1.29, 1.82) is 0 Å². The zero-order valence-electron chi connectivity index (χ0n) is 20.1. The average molecular weight is 491 g/mol. The Hall–Kier alpha value is -2.13. The molecular formula is C25H38N4O4S. The molecule has 188 valence electrons. The topological polar surface area (TPSA) is 98.8 Å². The summed E-state index contributed by atoms with van der Waals surface area (Å²) in [6, 6.07) is 5.12. The maximum Gasteiger partial charge on any atom is 0.251 e. The van der Waals surface area contributed by atoms with E-state index in [0.29, 0.717) is 18.8 Å². The first kappa shape index (κ1) is 25.0. The van der Waals surface area contributed by atoms with Crippen LogP contribution in [0.5, 0.6) is 0 Å². The highest BCUT2D eigenvalue weighted by atomic mass is 32.2. The summed E-state index contributed by atoms with van der Waals surface area (Å²) < 4.78 is 28.8. The maximum absolute atomic E-state index is 13.6. The summed E-state index contributed by atoms with van der Waals surface area (Å²) in [5.74, 6) is -0.634. The molecule has 0 aromatic heterocycles. The van der Waals surface area contributed by atoms with Crippen molar-refractivity contribution in [3.8, 4) is 0 Å². The fourth-order valence-corrected chi connectivity index (χ4v) is 7.05. The molecule has 1 aromatic rings. The van der Waals surface area contributed by atoms with Gasteiger partial charge in [-0.1, -0.05) is 25.7 Å². The second-order valence-corrected chi connectivity index (χ2v) is 11.7. The van der Waals surface area contributed by atoms with Crippen LogP contribution in [0.15, 0.2) is 23.1 Å². The van der Waals surface area contributed by atoms with Crippen LogP contribution in [0.25, 0.3) is 0 Å². The Balaban J connectivity index is 1.50. The third kappa shape index (κ3) is 6.10. The number of anilines is 1. The SMILES string of the molecule is O=C(CNC(=O)c1ccc(N2CCCCC2)c(S(=O)(=O)N2CCCCC2)c1)NC1CCCCC1. The molecule has 2 heterocycles. The molecule has 1 aliphatic carbocycles. The minimum absolute atomic E-state index is 0.114. The molecule has 2 aliphatic heterocycles. The van der Waals surface area contributed by atoms with E-state index in [1.165, 1.54) is 12.5 Å². The second-order valence-electron chi connectivity index (χ2n) is 9.78. The molecule has 0 atom stereocenters. The average Bonchev–Trinajstić information content (AvgIpc) is 2.88. The first-order chi connectivity index (χ1) is 16.4. The predicted octanol–water partition coefficient (Wildman–Crippen LogP) is 3.03. The lowest BCUT2D eigenvalue weighted by Crippen LogP contribution is -2.42. The third-order valence-corrected chi connectivity index (χ3v) is 9.16. The van der Waals surface area contributed by atoms with E-state index in [1.54, 1.807) is 16.4 Å². The smallest absolute Gasteiger partial charge is 0.251 e. The van der Waals surface area contributed by atoms with E-state index in [-0.39, 0.29) is 29.0 Å². The number of rotatable bonds is 7. The van der Waals surface area contributed by atoms with Crippen molar-refractivity contribution < 1.29 is 18.0 Å². The predicted molar refractivity (Wildman–Crippen MR) is 132 cm³/mol. The van der Waals surface area contributed by atoms with Gasteiger partial charge in [0.2, 0.25) is 15.9 Å². The number of carbonyl (C=O) groups is 2. The molecule has 1 aromatic carbocycles. The van der Waals surface area contributed by atoms with E-state index in [1.807, 2.05) is 0 Å². The van der Waals surface area contributed by atoms with Gasteiger partial charge in [-0.25, -0.2) is 8.42 Å². The van der Waals surface area contributed by atoms with Crippen molar-refractivity contribution >= 4 is 27.5 Å². The Morgan fingerprint density at radius 1 is 0.853 bits per heavy atom. The molecule has 9 heteroatoms.